The van der Waals surface area contributed by atoms with Crippen molar-refractivity contribution in [2.45, 2.75) is 51.3 Å². The molecule has 1 fully saturated rings. The molecular formula is C14H20N2O3S. The first kappa shape index (κ1) is 15.0. The molecule has 2 amide bonds. The van der Waals surface area contributed by atoms with Crippen molar-refractivity contribution in [3.8, 4) is 0 Å². The smallest absolute Gasteiger partial charge is 0.261 e. The number of rotatable bonds is 4. The van der Waals surface area contributed by atoms with Crippen molar-refractivity contribution in [3.63, 3.8) is 0 Å². The third kappa shape index (κ3) is 4.05. The third-order valence-electron chi connectivity index (χ3n) is 3.44. The Morgan fingerprint density at radius 1 is 1.35 bits per heavy atom. The van der Waals surface area contributed by atoms with Crippen molar-refractivity contribution >= 4 is 23.2 Å². The molecule has 6 heteroatoms. The van der Waals surface area contributed by atoms with Crippen molar-refractivity contribution < 1.29 is 14.7 Å². The molecule has 0 aromatic carbocycles. The van der Waals surface area contributed by atoms with Gasteiger partial charge < -0.3 is 15.7 Å². The summed E-state index contributed by atoms with van der Waals surface area (Å²) in [6, 6.07) is 3.45. The zero-order chi connectivity index (χ0) is 14.5. The monoisotopic (exact) mass is 296 g/mol. The van der Waals surface area contributed by atoms with Crippen LogP contribution < -0.4 is 10.6 Å². The highest BCUT2D eigenvalue weighted by molar-refractivity contribution is 7.14. The van der Waals surface area contributed by atoms with Crippen molar-refractivity contribution in [2.75, 3.05) is 0 Å². The van der Waals surface area contributed by atoms with Crippen molar-refractivity contribution in [3.05, 3.63) is 21.9 Å². The van der Waals surface area contributed by atoms with Crippen molar-refractivity contribution in [1.29, 1.82) is 0 Å². The Kier molecular flexibility index (Phi) is 5.14. The number of hydrogen-bond acceptors (Lipinski definition) is 4. The summed E-state index contributed by atoms with van der Waals surface area (Å²) in [4.78, 5) is 24.5. The summed E-state index contributed by atoms with van der Waals surface area (Å²) >= 11 is 1.36. The van der Waals surface area contributed by atoms with Gasteiger partial charge in [-0.3, -0.25) is 9.59 Å². The lowest BCUT2D eigenvalue weighted by atomic mass is 9.92. The third-order valence-corrected chi connectivity index (χ3v) is 4.53. The van der Waals surface area contributed by atoms with E-state index >= 15 is 0 Å². The van der Waals surface area contributed by atoms with Gasteiger partial charge in [0.15, 0.2) is 0 Å². The maximum absolute atomic E-state index is 12.1. The van der Waals surface area contributed by atoms with Crippen LogP contribution >= 0.6 is 11.3 Å². The standard InChI is InChI=1S/C14H20N2O3S/c1-9(17)15-8-10-6-7-13(20-10)14(19)16-11-4-2-3-5-12(11)18/h6-7,11-12,18H,2-5,8H2,1H3,(H,15,17)(H,16,19). The van der Waals surface area contributed by atoms with E-state index in [4.69, 9.17) is 0 Å². The fourth-order valence-electron chi connectivity index (χ4n) is 2.33. The van der Waals surface area contributed by atoms with Gasteiger partial charge in [0.1, 0.15) is 0 Å². The number of aliphatic hydroxyl groups excluding tert-OH is 1. The summed E-state index contributed by atoms with van der Waals surface area (Å²) in [6.45, 7) is 1.91. The predicted molar refractivity (Wildman–Crippen MR) is 77.6 cm³/mol. The Hall–Kier alpha value is -1.40. The largest absolute Gasteiger partial charge is 0.391 e. The first-order valence-electron chi connectivity index (χ1n) is 6.88. The number of carbonyl (C=O) groups is 2. The van der Waals surface area contributed by atoms with Crippen LogP contribution in [0.2, 0.25) is 0 Å². The highest BCUT2D eigenvalue weighted by Crippen LogP contribution is 2.20. The molecule has 110 valence electrons. The molecule has 1 saturated carbocycles. The van der Waals surface area contributed by atoms with Crippen LogP contribution in [0.25, 0.3) is 0 Å². The maximum Gasteiger partial charge on any atom is 0.261 e. The van der Waals surface area contributed by atoms with E-state index in [0.717, 1.165) is 30.6 Å². The lowest BCUT2D eigenvalue weighted by Crippen LogP contribution is -2.44. The molecule has 2 unspecified atom stereocenters. The molecule has 5 nitrogen and oxygen atoms in total. The Bertz CT molecular complexity index is 487. The minimum absolute atomic E-state index is 0.0882. The van der Waals surface area contributed by atoms with E-state index in [-0.39, 0.29) is 17.9 Å². The topological polar surface area (TPSA) is 78.4 Å². The molecule has 0 spiro atoms. The van der Waals surface area contributed by atoms with Gasteiger partial charge in [0.2, 0.25) is 5.91 Å². The Morgan fingerprint density at radius 3 is 2.80 bits per heavy atom. The predicted octanol–water partition coefficient (Wildman–Crippen LogP) is 1.42. The average Bonchev–Trinajstić information content (AvgIpc) is 2.88. The van der Waals surface area contributed by atoms with Crippen LogP contribution in [0.1, 0.15) is 47.2 Å². The van der Waals surface area contributed by atoms with E-state index in [1.54, 1.807) is 6.07 Å². The van der Waals surface area contributed by atoms with E-state index in [9.17, 15) is 14.7 Å². The van der Waals surface area contributed by atoms with E-state index in [1.165, 1.54) is 18.3 Å². The fraction of sp³-hybridized carbons (Fsp3) is 0.571. The van der Waals surface area contributed by atoms with E-state index in [2.05, 4.69) is 10.6 Å². The second-order valence-electron chi connectivity index (χ2n) is 5.11. The fourth-order valence-corrected chi connectivity index (χ4v) is 3.18. The molecule has 2 rings (SSSR count). The average molecular weight is 296 g/mol. The van der Waals surface area contributed by atoms with Gasteiger partial charge in [0, 0.05) is 11.8 Å². The van der Waals surface area contributed by atoms with Gasteiger partial charge in [-0.25, -0.2) is 0 Å². The Morgan fingerprint density at radius 2 is 2.10 bits per heavy atom. The maximum atomic E-state index is 12.1. The van der Waals surface area contributed by atoms with E-state index in [0.29, 0.717) is 11.4 Å². The number of nitrogens with one attached hydrogen (secondary N) is 2. The van der Waals surface area contributed by atoms with E-state index < -0.39 is 6.10 Å². The molecule has 20 heavy (non-hydrogen) atoms. The molecule has 0 saturated heterocycles. The minimum Gasteiger partial charge on any atom is -0.391 e. The molecule has 1 aliphatic carbocycles. The second kappa shape index (κ2) is 6.85. The summed E-state index contributed by atoms with van der Waals surface area (Å²) in [6.07, 6.45) is 3.21. The summed E-state index contributed by atoms with van der Waals surface area (Å²) in [7, 11) is 0. The van der Waals surface area contributed by atoms with Gasteiger partial charge in [-0.05, 0) is 25.0 Å². The van der Waals surface area contributed by atoms with Gasteiger partial charge in [-0.15, -0.1) is 11.3 Å². The highest BCUT2D eigenvalue weighted by Gasteiger charge is 2.25. The zero-order valence-electron chi connectivity index (χ0n) is 11.5. The van der Waals surface area contributed by atoms with Gasteiger partial charge in [-0.2, -0.15) is 0 Å². The molecule has 1 aromatic rings. The van der Waals surface area contributed by atoms with Crippen LogP contribution in [-0.2, 0) is 11.3 Å². The first-order chi connectivity index (χ1) is 9.56. The number of aliphatic hydroxyl groups is 1. The second-order valence-corrected chi connectivity index (χ2v) is 6.28. The van der Waals surface area contributed by atoms with Crippen LogP contribution in [0, 0.1) is 0 Å². The van der Waals surface area contributed by atoms with Gasteiger partial charge in [0.05, 0.1) is 23.6 Å². The molecule has 0 aliphatic heterocycles. The quantitative estimate of drug-likeness (QED) is 0.786. The van der Waals surface area contributed by atoms with Crippen LogP contribution in [0.4, 0.5) is 0 Å². The number of carbonyl (C=O) groups excluding carboxylic acids is 2. The normalized spacial score (nSPS) is 22.3. The summed E-state index contributed by atoms with van der Waals surface area (Å²) in [5, 5.41) is 15.5. The molecule has 2 atom stereocenters. The van der Waals surface area contributed by atoms with Gasteiger partial charge >= 0.3 is 0 Å². The number of hydrogen-bond donors (Lipinski definition) is 3. The molecular weight excluding hydrogens is 276 g/mol. The van der Waals surface area contributed by atoms with Gasteiger partial charge in [-0.1, -0.05) is 12.8 Å². The van der Waals surface area contributed by atoms with Crippen LogP contribution in [0.3, 0.4) is 0 Å². The van der Waals surface area contributed by atoms with Crippen LogP contribution in [-0.4, -0.2) is 29.1 Å². The SMILES string of the molecule is CC(=O)NCc1ccc(C(=O)NC2CCCCC2O)s1. The summed E-state index contributed by atoms with van der Waals surface area (Å²) in [5.41, 5.74) is 0. The van der Waals surface area contributed by atoms with Crippen LogP contribution in [0.15, 0.2) is 12.1 Å². The minimum atomic E-state index is -0.438. The van der Waals surface area contributed by atoms with Crippen molar-refractivity contribution in [1.82, 2.24) is 10.6 Å². The van der Waals surface area contributed by atoms with Crippen LogP contribution in [0.5, 0.6) is 0 Å². The number of thiophene rings is 1. The lowest BCUT2D eigenvalue weighted by molar-refractivity contribution is -0.119. The molecule has 0 bridgehead atoms. The van der Waals surface area contributed by atoms with Gasteiger partial charge in [0.25, 0.3) is 5.91 Å². The zero-order valence-corrected chi connectivity index (χ0v) is 12.3. The number of amides is 2. The molecule has 0 radical (unpaired) electrons. The molecule has 1 heterocycles. The molecule has 1 aliphatic rings. The Labute approximate surface area is 122 Å². The molecule has 3 N–H and O–H groups in total. The lowest BCUT2D eigenvalue weighted by Gasteiger charge is -2.28. The first-order valence-corrected chi connectivity index (χ1v) is 7.70. The summed E-state index contributed by atoms with van der Waals surface area (Å²) < 4.78 is 0. The Balaban J connectivity index is 1.90. The summed E-state index contributed by atoms with van der Waals surface area (Å²) in [5.74, 6) is -0.232. The highest BCUT2D eigenvalue weighted by atomic mass is 32.1. The van der Waals surface area contributed by atoms with E-state index in [1.807, 2.05) is 6.07 Å². The van der Waals surface area contributed by atoms with Crippen molar-refractivity contribution in [2.24, 2.45) is 0 Å². The molecule has 1 aromatic heterocycles.